The van der Waals surface area contributed by atoms with Crippen LogP contribution in [0.15, 0.2) is 12.7 Å². The molecule has 0 radical (unpaired) electrons. The van der Waals surface area contributed by atoms with E-state index in [0.29, 0.717) is 42.2 Å². The quantitative estimate of drug-likeness (QED) is 0.233. The second-order valence-corrected chi connectivity index (χ2v) is 16.2. The fraction of sp³-hybridized carbons (Fsp3) is 0.892. The van der Waals surface area contributed by atoms with Gasteiger partial charge in [-0.3, -0.25) is 14.5 Å². The molecule has 4 aliphatic carbocycles. The van der Waals surface area contributed by atoms with E-state index in [4.69, 9.17) is 9.47 Å². The van der Waals surface area contributed by atoms with Crippen molar-refractivity contribution in [1.82, 2.24) is 4.90 Å². The van der Waals surface area contributed by atoms with E-state index in [9.17, 15) is 9.59 Å². The lowest BCUT2D eigenvalue weighted by Crippen LogP contribution is -3.00. The van der Waals surface area contributed by atoms with Crippen LogP contribution >= 0.6 is 0 Å². The van der Waals surface area contributed by atoms with E-state index >= 15 is 0 Å². The fourth-order valence-corrected chi connectivity index (χ4v) is 12.2. The molecule has 7 heteroatoms. The number of likely N-dealkylation sites (tertiary alicyclic amines) is 2. The summed E-state index contributed by atoms with van der Waals surface area (Å²) in [4.78, 5) is 27.9. The van der Waals surface area contributed by atoms with E-state index in [1.54, 1.807) is 6.92 Å². The van der Waals surface area contributed by atoms with Crippen molar-refractivity contribution in [2.24, 2.45) is 34.5 Å². The number of carbonyl (C=O) groups excluding carboxylic acids is 2. The molecule has 6 nitrogen and oxygen atoms in total. The summed E-state index contributed by atoms with van der Waals surface area (Å²) in [5.41, 5.74) is 0.320. The van der Waals surface area contributed by atoms with E-state index in [-0.39, 0.29) is 52.0 Å². The number of esters is 2. The molecule has 250 valence electrons. The zero-order valence-electron chi connectivity index (χ0n) is 28.2. The maximum atomic E-state index is 13.0. The molecule has 6 rings (SSSR count). The third-order valence-corrected chi connectivity index (χ3v) is 14.2. The Morgan fingerprint density at radius 3 is 2.30 bits per heavy atom. The minimum Gasteiger partial charge on any atom is -1.00 e. The molecule has 6 aliphatic rings. The Kier molecular flexibility index (Phi) is 10.7. The van der Waals surface area contributed by atoms with Gasteiger partial charge in [0.2, 0.25) is 0 Å². The molecule has 6 fully saturated rings. The Labute approximate surface area is 278 Å². The van der Waals surface area contributed by atoms with Gasteiger partial charge >= 0.3 is 11.9 Å². The third kappa shape index (κ3) is 5.98. The van der Waals surface area contributed by atoms with Gasteiger partial charge in [0.15, 0.2) is 6.10 Å². The van der Waals surface area contributed by atoms with Crippen molar-refractivity contribution < 1.29 is 40.5 Å². The zero-order chi connectivity index (χ0) is 30.4. The van der Waals surface area contributed by atoms with Gasteiger partial charge in [0.25, 0.3) is 0 Å². The van der Waals surface area contributed by atoms with Gasteiger partial charge in [-0.2, -0.15) is 0 Å². The topological polar surface area (TPSA) is 55.8 Å². The molecule has 0 amide bonds. The standard InChI is InChI=1S/C37H61N2O4.BrH/c1-6-20-39(21-12-9-13-22-39)32-24-30-28-15-14-27-23-33(42-26(3)40)31(38-18-10-8-11-19-38)25-37(27,5)29(28)16-17-36(30,4)35(32)43-34(41)7-2;/h6,27-33,35H,1,7-25H2,2-5H3;1H/q+1;/p-1/t27?,28-,29-,30+,31?,32?,33?,35?,36+,37+;/m1./s1. The maximum Gasteiger partial charge on any atom is 0.306 e. The molecule has 2 saturated heterocycles. The molecule has 0 aromatic rings. The molecular weight excluding hydrogens is 616 g/mol. The molecule has 0 bridgehead atoms. The van der Waals surface area contributed by atoms with Crippen LogP contribution in [0.5, 0.6) is 0 Å². The van der Waals surface area contributed by atoms with Gasteiger partial charge in [0.1, 0.15) is 12.1 Å². The number of fused-ring (bicyclic) bond motifs is 5. The summed E-state index contributed by atoms with van der Waals surface area (Å²) in [6, 6.07) is 0.732. The van der Waals surface area contributed by atoms with Gasteiger partial charge in [0, 0.05) is 31.2 Å². The summed E-state index contributed by atoms with van der Waals surface area (Å²) in [6.45, 7) is 18.6. The molecule has 0 spiro atoms. The number of rotatable bonds is 7. The first kappa shape index (κ1) is 34.4. The van der Waals surface area contributed by atoms with Gasteiger partial charge < -0.3 is 30.9 Å². The number of nitrogens with zero attached hydrogens (tertiary/aromatic N) is 2. The first-order valence-corrected chi connectivity index (χ1v) is 18.2. The summed E-state index contributed by atoms with van der Waals surface area (Å²) < 4.78 is 13.8. The predicted molar refractivity (Wildman–Crippen MR) is 170 cm³/mol. The number of hydrogen-bond acceptors (Lipinski definition) is 5. The smallest absolute Gasteiger partial charge is 0.306 e. The molecule has 2 aliphatic heterocycles. The number of ether oxygens (including phenoxy) is 2. The van der Waals surface area contributed by atoms with E-state index in [1.807, 2.05) is 6.92 Å². The first-order valence-electron chi connectivity index (χ1n) is 18.2. The highest BCUT2D eigenvalue weighted by Crippen LogP contribution is 2.68. The first-order chi connectivity index (χ1) is 20.6. The monoisotopic (exact) mass is 676 g/mol. The molecule has 44 heavy (non-hydrogen) atoms. The van der Waals surface area contributed by atoms with Crippen LogP contribution in [-0.2, 0) is 19.1 Å². The Bertz CT molecular complexity index is 1040. The van der Waals surface area contributed by atoms with Gasteiger partial charge in [-0.05, 0) is 119 Å². The van der Waals surface area contributed by atoms with Crippen molar-refractivity contribution in [2.45, 2.75) is 142 Å². The van der Waals surface area contributed by atoms with E-state index in [2.05, 4.69) is 31.4 Å². The van der Waals surface area contributed by atoms with Gasteiger partial charge in [-0.15, -0.1) is 0 Å². The molecule has 0 aromatic carbocycles. The van der Waals surface area contributed by atoms with E-state index in [0.717, 1.165) is 43.4 Å². The Balaban J connectivity index is 0.00000384. The lowest BCUT2D eigenvalue weighted by atomic mass is 9.44. The normalized spacial score (nSPS) is 43.4. The fourth-order valence-electron chi connectivity index (χ4n) is 12.2. The molecule has 10 atom stereocenters. The third-order valence-electron chi connectivity index (χ3n) is 14.2. The molecule has 0 aromatic heterocycles. The lowest BCUT2D eigenvalue weighted by Gasteiger charge is -2.62. The average Bonchev–Trinajstić information content (AvgIpc) is 3.30. The van der Waals surface area contributed by atoms with Crippen molar-refractivity contribution in [3.05, 3.63) is 12.7 Å². The van der Waals surface area contributed by atoms with E-state index in [1.165, 1.54) is 77.3 Å². The van der Waals surface area contributed by atoms with Gasteiger partial charge in [0.05, 0.1) is 19.6 Å². The highest BCUT2D eigenvalue weighted by Gasteiger charge is 2.67. The van der Waals surface area contributed by atoms with Crippen molar-refractivity contribution >= 4 is 11.9 Å². The highest BCUT2D eigenvalue weighted by molar-refractivity contribution is 5.69. The van der Waals surface area contributed by atoms with Crippen LogP contribution in [0, 0.1) is 34.5 Å². The minimum absolute atomic E-state index is 0. The van der Waals surface area contributed by atoms with Crippen LogP contribution in [0.2, 0.25) is 0 Å². The maximum absolute atomic E-state index is 13.0. The van der Waals surface area contributed by atoms with Crippen molar-refractivity contribution in [1.29, 1.82) is 0 Å². The molecule has 0 N–H and O–H groups in total. The largest absolute Gasteiger partial charge is 1.00 e. The molecule has 4 saturated carbocycles. The second-order valence-electron chi connectivity index (χ2n) is 16.2. The van der Waals surface area contributed by atoms with Crippen LogP contribution in [-0.4, -0.2) is 78.3 Å². The Morgan fingerprint density at radius 1 is 0.932 bits per heavy atom. The molecule has 5 unspecified atom stereocenters. The van der Waals surface area contributed by atoms with E-state index < -0.39 is 0 Å². The van der Waals surface area contributed by atoms with Crippen LogP contribution < -0.4 is 17.0 Å². The lowest BCUT2D eigenvalue weighted by molar-refractivity contribution is -0.952. The molecular formula is C37H61BrN2O4. The number of piperidine rings is 2. The number of quaternary nitrogens is 1. The van der Waals surface area contributed by atoms with Crippen LogP contribution in [0.25, 0.3) is 0 Å². The highest BCUT2D eigenvalue weighted by atomic mass is 79.9. The predicted octanol–water partition coefficient (Wildman–Crippen LogP) is 3.92. The van der Waals surface area contributed by atoms with Crippen molar-refractivity contribution in [3.63, 3.8) is 0 Å². The summed E-state index contributed by atoms with van der Waals surface area (Å²) in [5.74, 6) is 2.48. The number of carbonyl (C=O) groups is 2. The number of hydrogen-bond donors (Lipinski definition) is 0. The van der Waals surface area contributed by atoms with Gasteiger partial charge in [-0.25, -0.2) is 0 Å². The Morgan fingerprint density at radius 2 is 1.64 bits per heavy atom. The average molecular weight is 678 g/mol. The van der Waals surface area contributed by atoms with Crippen molar-refractivity contribution in [2.75, 3.05) is 32.7 Å². The van der Waals surface area contributed by atoms with Gasteiger partial charge in [-0.1, -0.05) is 33.8 Å². The Hall–Kier alpha value is -0.920. The van der Waals surface area contributed by atoms with Crippen LogP contribution in [0.3, 0.4) is 0 Å². The van der Waals surface area contributed by atoms with Crippen molar-refractivity contribution in [3.8, 4) is 0 Å². The van der Waals surface area contributed by atoms with Crippen LogP contribution in [0.1, 0.15) is 118 Å². The summed E-state index contributed by atoms with van der Waals surface area (Å²) in [5, 5.41) is 0. The van der Waals surface area contributed by atoms with Crippen LogP contribution in [0.4, 0.5) is 0 Å². The summed E-state index contributed by atoms with van der Waals surface area (Å²) in [6.07, 6.45) is 18.7. The SMILES string of the molecule is C=CC[N+]1(C2C[C@H]3[C@@H]4CCC5CC(OC(C)=O)C(N6CCCCC6)C[C@]5(C)[C@@H]4CC[C@]3(C)C2OC(=O)CC)CCCCC1.[Br-]. The number of halogens is 1. The summed E-state index contributed by atoms with van der Waals surface area (Å²) >= 11 is 0. The molecule has 2 heterocycles. The minimum atomic E-state index is -0.114. The summed E-state index contributed by atoms with van der Waals surface area (Å²) in [7, 11) is 0. The second kappa shape index (κ2) is 13.7. The zero-order valence-corrected chi connectivity index (χ0v) is 29.8.